The smallest absolute Gasteiger partial charge is 0.166 e. The van der Waals surface area contributed by atoms with Gasteiger partial charge in [0, 0.05) is 6.20 Å². The lowest BCUT2D eigenvalue weighted by Crippen LogP contribution is -2.30. The van der Waals surface area contributed by atoms with Gasteiger partial charge in [-0.15, -0.1) is 0 Å². The van der Waals surface area contributed by atoms with Gasteiger partial charge in [-0.3, -0.25) is 0 Å². The standard InChI is InChI=1S/C15H20N2O/c1-5-8-12(9-6-2)15(3,4)18-13-10-7-11-17-14(13)16/h5-11H,1H2,2-4H3,(H2,16,17)/b9-6-,12-8+. The highest BCUT2D eigenvalue weighted by Gasteiger charge is 2.24. The zero-order valence-electron chi connectivity index (χ0n) is 11.2. The normalized spacial score (nSPS) is 12.7. The maximum absolute atomic E-state index is 5.95. The van der Waals surface area contributed by atoms with E-state index in [4.69, 9.17) is 10.5 Å². The molecule has 0 bridgehead atoms. The lowest BCUT2D eigenvalue weighted by molar-refractivity contribution is 0.153. The van der Waals surface area contributed by atoms with Crippen LogP contribution in [-0.2, 0) is 0 Å². The summed E-state index contributed by atoms with van der Waals surface area (Å²) >= 11 is 0. The second-order valence-corrected chi connectivity index (χ2v) is 4.36. The van der Waals surface area contributed by atoms with Gasteiger partial charge in [-0.05, 0) is 38.5 Å². The quantitative estimate of drug-likeness (QED) is 0.806. The van der Waals surface area contributed by atoms with Crippen LogP contribution in [0.1, 0.15) is 20.8 Å². The summed E-state index contributed by atoms with van der Waals surface area (Å²) < 4.78 is 5.95. The number of hydrogen-bond donors (Lipinski definition) is 1. The number of rotatable bonds is 5. The number of hydrogen-bond acceptors (Lipinski definition) is 3. The summed E-state index contributed by atoms with van der Waals surface area (Å²) in [6.45, 7) is 9.64. The number of anilines is 1. The van der Waals surface area contributed by atoms with E-state index in [1.54, 1.807) is 18.3 Å². The summed E-state index contributed by atoms with van der Waals surface area (Å²) in [5.74, 6) is 0.978. The summed E-state index contributed by atoms with van der Waals surface area (Å²) in [4.78, 5) is 4.01. The molecular formula is C15H20N2O. The largest absolute Gasteiger partial charge is 0.479 e. The molecule has 0 spiro atoms. The van der Waals surface area contributed by atoms with Crippen molar-refractivity contribution in [3.63, 3.8) is 0 Å². The summed E-state index contributed by atoms with van der Waals surface area (Å²) in [6.07, 6.45) is 9.27. The van der Waals surface area contributed by atoms with Crippen molar-refractivity contribution in [3.05, 3.63) is 54.8 Å². The third-order valence-electron chi connectivity index (χ3n) is 2.50. The van der Waals surface area contributed by atoms with E-state index in [-0.39, 0.29) is 0 Å². The minimum Gasteiger partial charge on any atom is -0.479 e. The van der Waals surface area contributed by atoms with Crippen molar-refractivity contribution < 1.29 is 4.74 Å². The number of aromatic nitrogens is 1. The minimum absolute atomic E-state index is 0.393. The van der Waals surface area contributed by atoms with Crippen LogP contribution in [0.2, 0.25) is 0 Å². The van der Waals surface area contributed by atoms with Crippen LogP contribution in [-0.4, -0.2) is 10.6 Å². The lowest BCUT2D eigenvalue weighted by Gasteiger charge is -2.28. The van der Waals surface area contributed by atoms with Gasteiger partial charge in [0.05, 0.1) is 0 Å². The third kappa shape index (κ3) is 3.48. The first kappa shape index (κ1) is 14.0. The van der Waals surface area contributed by atoms with E-state index in [2.05, 4.69) is 11.6 Å². The van der Waals surface area contributed by atoms with Gasteiger partial charge in [0.2, 0.25) is 0 Å². The van der Waals surface area contributed by atoms with Crippen LogP contribution in [0, 0.1) is 0 Å². The van der Waals surface area contributed by atoms with Crippen molar-refractivity contribution in [1.82, 2.24) is 4.98 Å². The Labute approximate surface area is 109 Å². The summed E-state index contributed by atoms with van der Waals surface area (Å²) in [5.41, 5.74) is 6.30. The average molecular weight is 244 g/mol. The fourth-order valence-electron chi connectivity index (χ4n) is 1.59. The predicted molar refractivity (Wildman–Crippen MR) is 76.5 cm³/mol. The Bertz CT molecular complexity index is 473. The van der Waals surface area contributed by atoms with E-state index < -0.39 is 5.60 Å². The Morgan fingerprint density at radius 2 is 2.22 bits per heavy atom. The Morgan fingerprint density at radius 1 is 1.50 bits per heavy atom. The maximum Gasteiger partial charge on any atom is 0.166 e. The Kier molecular flexibility index (Phi) is 4.72. The average Bonchev–Trinajstić information content (AvgIpc) is 2.32. The zero-order valence-corrected chi connectivity index (χ0v) is 11.2. The molecule has 3 nitrogen and oxygen atoms in total. The molecule has 18 heavy (non-hydrogen) atoms. The topological polar surface area (TPSA) is 48.1 Å². The Balaban J connectivity index is 3.03. The van der Waals surface area contributed by atoms with E-state index in [1.165, 1.54) is 0 Å². The summed E-state index contributed by atoms with van der Waals surface area (Å²) in [7, 11) is 0. The Hall–Kier alpha value is -2.03. The zero-order chi connectivity index (χ0) is 13.6. The van der Waals surface area contributed by atoms with Gasteiger partial charge >= 0.3 is 0 Å². The van der Waals surface area contributed by atoms with Crippen molar-refractivity contribution in [2.75, 3.05) is 5.73 Å². The van der Waals surface area contributed by atoms with E-state index in [0.717, 1.165) is 5.57 Å². The van der Waals surface area contributed by atoms with E-state index in [0.29, 0.717) is 11.6 Å². The highest BCUT2D eigenvalue weighted by molar-refractivity contribution is 5.46. The molecule has 0 saturated carbocycles. The monoisotopic (exact) mass is 244 g/mol. The van der Waals surface area contributed by atoms with Crippen molar-refractivity contribution in [1.29, 1.82) is 0 Å². The molecule has 0 radical (unpaired) electrons. The van der Waals surface area contributed by atoms with Gasteiger partial charge < -0.3 is 10.5 Å². The van der Waals surface area contributed by atoms with Gasteiger partial charge in [-0.1, -0.05) is 30.9 Å². The van der Waals surface area contributed by atoms with Crippen LogP contribution in [0.3, 0.4) is 0 Å². The Morgan fingerprint density at radius 3 is 2.78 bits per heavy atom. The number of nitrogens with zero attached hydrogens (tertiary/aromatic N) is 1. The van der Waals surface area contributed by atoms with Gasteiger partial charge in [0.1, 0.15) is 5.60 Å². The molecule has 0 atom stereocenters. The van der Waals surface area contributed by atoms with Crippen LogP contribution < -0.4 is 10.5 Å². The van der Waals surface area contributed by atoms with E-state index >= 15 is 0 Å². The van der Waals surface area contributed by atoms with Crippen LogP contribution in [0.5, 0.6) is 5.75 Å². The van der Waals surface area contributed by atoms with Gasteiger partial charge in [0.25, 0.3) is 0 Å². The highest BCUT2D eigenvalue weighted by atomic mass is 16.5. The van der Waals surface area contributed by atoms with Crippen molar-refractivity contribution in [2.24, 2.45) is 0 Å². The molecule has 1 aromatic rings. The maximum atomic E-state index is 5.95. The number of pyridine rings is 1. The number of nitrogen functional groups attached to an aromatic ring is 1. The summed E-state index contributed by atoms with van der Waals surface area (Å²) in [6, 6.07) is 3.61. The van der Waals surface area contributed by atoms with E-state index in [9.17, 15) is 0 Å². The van der Waals surface area contributed by atoms with Crippen LogP contribution in [0.15, 0.2) is 54.8 Å². The second kappa shape index (κ2) is 6.05. The molecule has 1 rings (SSSR count). The third-order valence-corrected chi connectivity index (χ3v) is 2.50. The number of ether oxygens (including phenoxy) is 1. The minimum atomic E-state index is -0.502. The molecule has 2 N–H and O–H groups in total. The lowest BCUT2D eigenvalue weighted by atomic mass is 9.96. The van der Waals surface area contributed by atoms with Crippen molar-refractivity contribution in [2.45, 2.75) is 26.4 Å². The number of nitrogens with two attached hydrogens (primary N) is 1. The molecule has 0 aliphatic carbocycles. The van der Waals surface area contributed by atoms with Gasteiger partial charge in [-0.2, -0.15) is 0 Å². The van der Waals surface area contributed by atoms with Crippen LogP contribution in [0.25, 0.3) is 0 Å². The first-order valence-corrected chi connectivity index (χ1v) is 5.86. The molecule has 0 unspecified atom stereocenters. The molecule has 0 aliphatic heterocycles. The molecule has 3 heteroatoms. The molecule has 1 aromatic heterocycles. The predicted octanol–water partition coefficient (Wildman–Crippen LogP) is 3.51. The van der Waals surface area contributed by atoms with Crippen molar-refractivity contribution in [3.8, 4) is 5.75 Å². The highest BCUT2D eigenvalue weighted by Crippen LogP contribution is 2.28. The van der Waals surface area contributed by atoms with Crippen LogP contribution >= 0.6 is 0 Å². The van der Waals surface area contributed by atoms with Gasteiger partial charge in [-0.25, -0.2) is 4.98 Å². The molecule has 96 valence electrons. The molecule has 0 aliphatic rings. The molecule has 0 saturated heterocycles. The van der Waals surface area contributed by atoms with E-state index in [1.807, 2.05) is 45.1 Å². The van der Waals surface area contributed by atoms with Crippen molar-refractivity contribution >= 4 is 5.82 Å². The first-order valence-electron chi connectivity index (χ1n) is 5.86. The SMILES string of the molecule is C=C/C=C(\C=C/C)C(C)(C)Oc1cccnc1N. The second-order valence-electron chi connectivity index (χ2n) is 4.36. The van der Waals surface area contributed by atoms with Gasteiger partial charge in [0.15, 0.2) is 11.6 Å². The first-order chi connectivity index (χ1) is 8.51. The molecule has 0 aromatic carbocycles. The van der Waals surface area contributed by atoms with Crippen LogP contribution in [0.4, 0.5) is 5.82 Å². The molecule has 0 amide bonds. The molecular weight excluding hydrogens is 224 g/mol. The summed E-state index contributed by atoms with van der Waals surface area (Å²) in [5, 5.41) is 0. The fourth-order valence-corrected chi connectivity index (χ4v) is 1.59. The number of allylic oxidation sites excluding steroid dienone is 3. The fraction of sp³-hybridized carbons (Fsp3) is 0.267. The molecule has 1 heterocycles. The molecule has 0 fully saturated rings.